The summed E-state index contributed by atoms with van der Waals surface area (Å²) in [7, 11) is 0. The van der Waals surface area contributed by atoms with Crippen molar-refractivity contribution < 1.29 is 9.53 Å². The van der Waals surface area contributed by atoms with Crippen LogP contribution in [-0.2, 0) is 6.54 Å². The van der Waals surface area contributed by atoms with Crippen LogP contribution < -0.4 is 10.1 Å². The molecule has 0 fully saturated rings. The maximum atomic E-state index is 12.4. The number of amides is 1. The van der Waals surface area contributed by atoms with Gasteiger partial charge in [0, 0.05) is 23.0 Å². The van der Waals surface area contributed by atoms with Crippen molar-refractivity contribution in [2.75, 3.05) is 18.2 Å². The third-order valence-corrected chi connectivity index (χ3v) is 4.76. The average molecular weight is 388 g/mol. The number of hydrogen-bond acceptors (Lipinski definition) is 4. The first-order chi connectivity index (χ1) is 12.7. The Morgan fingerprint density at radius 1 is 1.27 bits per heavy atom. The average Bonchev–Trinajstić information content (AvgIpc) is 3.17. The van der Waals surface area contributed by atoms with Gasteiger partial charge in [0.15, 0.2) is 0 Å². The fourth-order valence-corrected chi connectivity index (χ4v) is 2.97. The number of hydrogen-bond donors (Lipinski definition) is 1. The first-order valence-corrected chi connectivity index (χ1v) is 9.59. The van der Waals surface area contributed by atoms with E-state index in [1.165, 1.54) is 0 Å². The van der Waals surface area contributed by atoms with E-state index in [2.05, 4.69) is 10.3 Å². The standard InChI is InChI=1S/C19H18ClN3O2S/c1-26-16-6-7-18(20)17(12-16)19(24)22-14-2-4-15(5-3-14)25-11-10-23-9-8-21-13-23/h2-9,12-13H,10-11H2,1H3,(H,22,24). The normalized spacial score (nSPS) is 10.5. The number of anilines is 1. The number of imidazole rings is 1. The number of nitrogens with one attached hydrogen (secondary N) is 1. The molecule has 0 aliphatic carbocycles. The minimum absolute atomic E-state index is 0.236. The van der Waals surface area contributed by atoms with E-state index in [0.717, 1.165) is 17.2 Å². The lowest BCUT2D eigenvalue weighted by Crippen LogP contribution is -2.12. The second-order valence-corrected chi connectivity index (χ2v) is 6.76. The summed E-state index contributed by atoms with van der Waals surface area (Å²) in [4.78, 5) is 17.4. The van der Waals surface area contributed by atoms with Crippen LogP contribution in [0.2, 0.25) is 5.02 Å². The summed E-state index contributed by atoms with van der Waals surface area (Å²) in [5.74, 6) is 0.505. The number of ether oxygens (including phenoxy) is 1. The fourth-order valence-electron chi connectivity index (χ4n) is 2.33. The fraction of sp³-hybridized carbons (Fsp3) is 0.158. The zero-order chi connectivity index (χ0) is 18.4. The maximum absolute atomic E-state index is 12.4. The van der Waals surface area contributed by atoms with Crippen LogP contribution in [-0.4, -0.2) is 28.3 Å². The largest absolute Gasteiger partial charge is 0.492 e. The van der Waals surface area contributed by atoms with Gasteiger partial charge in [0.05, 0.1) is 23.5 Å². The summed E-state index contributed by atoms with van der Waals surface area (Å²) in [6.45, 7) is 1.27. The van der Waals surface area contributed by atoms with Crippen molar-refractivity contribution in [3.8, 4) is 5.75 Å². The summed E-state index contributed by atoms with van der Waals surface area (Å²) in [6, 6.07) is 12.7. The number of nitrogens with zero attached hydrogens (tertiary/aromatic N) is 2. The van der Waals surface area contributed by atoms with E-state index < -0.39 is 0 Å². The summed E-state index contributed by atoms with van der Waals surface area (Å²) in [6.07, 6.45) is 7.33. The van der Waals surface area contributed by atoms with Crippen molar-refractivity contribution in [2.24, 2.45) is 0 Å². The maximum Gasteiger partial charge on any atom is 0.257 e. The van der Waals surface area contributed by atoms with Crippen LogP contribution in [0.1, 0.15) is 10.4 Å². The van der Waals surface area contributed by atoms with Crippen LogP contribution in [0.4, 0.5) is 5.69 Å². The minimum atomic E-state index is -0.236. The van der Waals surface area contributed by atoms with Gasteiger partial charge in [-0.2, -0.15) is 0 Å². The number of thioether (sulfide) groups is 1. The zero-order valence-corrected chi connectivity index (χ0v) is 15.8. The lowest BCUT2D eigenvalue weighted by molar-refractivity contribution is 0.102. The molecule has 1 amide bonds. The third kappa shape index (κ3) is 4.80. The predicted octanol–water partition coefficient (Wildman–Crippen LogP) is 4.59. The molecule has 1 heterocycles. The van der Waals surface area contributed by atoms with Crippen molar-refractivity contribution in [3.05, 3.63) is 71.8 Å². The molecule has 26 heavy (non-hydrogen) atoms. The van der Waals surface area contributed by atoms with Crippen molar-refractivity contribution in [2.45, 2.75) is 11.4 Å². The molecule has 1 aromatic heterocycles. The smallest absolute Gasteiger partial charge is 0.257 e. The molecule has 1 N–H and O–H groups in total. The van der Waals surface area contributed by atoms with E-state index in [4.69, 9.17) is 16.3 Å². The minimum Gasteiger partial charge on any atom is -0.492 e. The van der Waals surface area contributed by atoms with Crippen molar-refractivity contribution in [3.63, 3.8) is 0 Å². The van der Waals surface area contributed by atoms with E-state index >= 15 is 0 Å². The summed E-state index contributed by atoms with van der Waals surface area (Å²) in [5, 5.41) is 3.29. The van der Waals surface area contributed by atoms with Crippen molar-refractivity contribution >= 4 is 35.0 Å². The molecular formula is C19H18ClN3O2S. The van der Waals surface area contributed by atoms with Crippen LogP contribution >= 0.6 is 23.4 Å². The first kappa shape index (κ1) is 18.4. The van der Waals surface area contributed by atoms with Crippen LogP contribution in [0.25, 0.3) is 0 Å². The molecule has 3 rings (SSSR count). The zero-order valence-electron chi connectivity index (χ0n) is 14.2. The molecule has 0 saturated carbocycles. The highest BCUT2D eigenvalue weighted by molar-refractivity contribution is 7.98. The van der Waals surface area contributed by atoms with E-state index in [-0.39, 0.29) is 5.91 Å². The number of halogens is 1. The van der Waals surface area contributed by atoms with Gasteiger partial charge in [-0.25, -0.2) is 4.98 Å². The SMILES string of the molecule is CSc1ccc(Cl)c(C(=O)Nc2ccc(OCCn3ccnc3)cc2)c1. The van der Waals surface area contributed by atoms with Gasteiger partial charge in [0.25, 0.3) is 5.91 Å². The Morgan fingerprint density at radius 2 is 2.08 bits per heavy atom. The number of rotatable bonds is 7. The number of aromatic nitrogens is 2. The molecular weight excluding hydrogens is 370 g/mol. The van der Waals surface area contributed by atoms with Crippen molar-refractivity contribution in [1.29, 1.82) is 0 Å². The monoisotopic (exact) mass is 387 g/mol. The molecule has 0 saturated heterocycles. The molecule has 0 aliphatic heterocycles. The summed E-state index contributed by atoms with van der Waals surface area (Å²) >= 11 is 7.71. The molecule has 3 aromatic rings. The highest BCUT2D eigenvalue weighted by atomic mass is 35.5. The Hall–Kier alpha value is -2.44. The van der Waals surface area contributed by atoms with Gasteiger partial charge in [-0.1, -0.05) is 11.6 Å². The molecule has 0 radical (unpaired) electrons. The Balaban J connectivity index is 1.57. The Bertz CT molecular complexity index is 867. The highest BCUT2D eigenvalue weighted by Gasteiger charge is 2.11. The van der Waals surface area contributed by atoms with Gasteiger partial charge in [-0.05, 0) is 48.7 Å². The second-order valence-electron chi connectivity index (χ2n) is 5.47. The predicted molar refractivity (Wildman–Crippen MR) is 105 cm³/mol. The molecule has 0 aliphatic rings. The first-order valence-electron chi connectivity index (χ1n) is 7.99. The Kier molecular flexibility index (Phi) is 6.20. The molecule has 134 valence electrons. The van der Waals surface area contributed by atoms with E-state index in [0.29, 0.717) is 22.9 Å². The Labute approximate surface area is 161 Å². The lowest BCUT2D eigenvalue weighted by Gasteiger charge is -2.10. The third-order valence-electron chi connectivity index (χ3n) is 3.71. The Morgan fingerprint density at radius 3 is 2.77 bits per heavy atom. The molecule has 0 spiro atoms. The van der Waals surface area contributed by atoms with Crippen LogP contribution in [0.15, 0.2) is 66.1 Å². The lowest BCUT2D eigenvalue weighted by atomic mass is 10.2. The highest BCUT2D eigenvalue weighted by Crippen LogP contribution is 2.24. The molecule has 0 unspecified atom stereocenters. The van der Waals surface area contributed by atoms with Gasteiger partial charge < -0.3 is 14.6 Å². The topological polar surface area (TPSA) is 56.1 Å². The molecule has 0 atom stereocenters. The van der Waals surface area contributed by atoms with Gasteiger partial charge in [0.1, 0.15) is 12.4 Å². The van der Waals surface area contributed by atoms with Gasteiger partial charge in [-0.3, -0.25) is 4.79 Å². The van der Waals surface area contributed by atoms with Crippen LogP contribution in [0.5, 0.6) is 5.75 Å². The van der Waals surface area contributed by atoms with Gasteiger partial charge in [0.2, 0.25) is 0 Å². The van der Waals surface area contributed by atoms with Crippen LogP contribution in [0.3, 0.4) is 0 Å². The van der Waals surface area contributed by atoms with E-state index in [1.54, 1.807) is 48.6 Å². The van der Waals surface area contributed by atoms with Crippen LogP contribution in [0, 0.1) is 0 Å². The summed E-state index contributed by atoms with van der Waals surface area (Å²) < 4.78 is 7.63. The number of carbonyl (C=O) groups excluding carboxylic acids is 1. The molecule has 7 heteroatoms. The number of carbonyl (C=O) groups is 1. The number of benzene rings is 2. The molecule has 5 nitrogen and oxygen atoms in total. The summed E-state index contributed by atoms with van der Waals surface area (Å²) in [5.41, 5.74) is 1.14. The quantitative estimate of drug-likeness (QED) is 0.602. The van der Waals surface area contributed by atoms with Gasteiger partial charge >= 0.3 is 0 Å². The molecule has 2 aromatic carbocycles. The molecule has 0 bridgehead atoms. The van der Waals surface area contributed by atoms with E-state index in [1.807, 2.05) is 35.2 Å². The second kappa shape index (κ2) is 8.78. The van der Waals surface area contributed by atoms with E-state index in [9.17, 15) is 4.79 Å². The van der Waals surface area contributed by atoms with Crippen molar-refractivity contribution in [1.82, 2.24) is 9.55 Å². The van der Waals surface area contributed by atoms with Gasteiger partial charge in [-0.15, -0.1) is 11.8 Å².